The van der Waals surface area contributed by atoms with Crippen LogP contribution in [0.1, 0.15) is 27.0 Å². The number of hydrogen-bond acceptors (Lipinski definition) is 7. The highest BCUT2D eigenvalue weighted by Gasteiger charge is 2.53. The lowest BCUT2D eigenvalue weighted by molar-refractivity contribution is 0.0224. The van der Waals surface area contributed by atoms with Gasteiger partial charge in [0.15, 0.2) is 5.60 Å². The maximum Gasteiger partial charge on any atom is 0.340 e. The van der Waals surface area contributed by atoms with Gasteiger partial charge in [0.25, 0.3) is 0 Å². The molecule has 2 aliphatic rings. The van der Waals surface area contributed by atoms with Crippen LogP contribution in [0.4, 0.5) is 22.7 Å². The van der Waals surface area contributed by atoms with Crippen LogP contribution in [-0.2, 0) is 10.3 Å². The first-order valence-corrected chi connectivity index (χ1v) is 10.7. The normalized spacial score (nSPS) is 17.3. The van der Waals surface area contributed by atoms with Crippen LogP contribution in [0.2, 0.25) is 0 Å². The highest BCUT2D eigenvalue weighted by Crippen LogP contribution is 2.56. The topological polar surface area (TPSA) is 94.2 Å². The fraction of sp³-hybridized carbons (Fsp3) is 0.0741. The lowest BCUT2D eigenvalue weighted by atomic mass is 9.77. The highest BCUT2D eigenvalue weighted by molar-refractivity contribution is 5.97. The molecule has 1 atom stereocenters. The third kappa shape index (κ3) is 2.73. The minimum atomic E-state index is -1.13. The molecular weight excluding hydrogens is 430 g/mol. The third-order valence-electron chi connectivity index (χ3n) is 6.45. The van der Waals surface area contributed by atoms with E-state index in [1.165, 1.54) is 0 Å². The summed E-state index contributed by atoms with van der Waals surface area (Å²) in [5.74, 6) is 0.729. The average molecular weight is 449 g/mol. The molecule has 34 heavy (non-hydrogen) atoms. The lowest BCUT2D eigenvalue weighted by Gasteiger charge is -2.37. The Morgan fingerprint density at radius 1 is 0.824 bits per heavy atom. The van der Waals surface area contributed by atoms with Gasteiger partial charge in [-0.25, -0.2) is 4.79 Å². The first kappa shape index (κ1) is 20.0. The Bertz CT molecular complexity index is 1480. The van der Waals surface area contributed by atoms with Crippen LogP contribution in [-0.4, -0.2) is 13.0 Å². The minimum absolute atomic E-state index is 0.365. The van der Waals surface area contributed by atoms with E-state index >= 15 is 0 Å². The Kier molecular flexibility index (Phi) is 4.22. The fourth-order valence-corrected chi connectivity index (χ4v) is 4.78. The SMILES string of the molecule is CN(c1ccc(N=O)cc1)c1ccc2c(c1)Oc1cc(N)ccc1C21OC(=O)c2ccccc21. The first-order chi connectivity index (χ1) is 16.5. The van der Waals surface area contributed by atoms with Gasteiger partial charge < -0.3 is 20.1 Å². The Balaban J connectivity index is 1.53. The van der Waals surface area contributed by atoms with E-state index < -0.39 is 5.60 Å². The van der Waals surface area contributed by atoms with Gasteiger partial charge in [-0.15, -0.1) is 4.91 Å². The molecule has 0 aromatic heterocycles. The predicted octanol–water partition coefficient (Wildman–Crippen LogP) is 6.00. The van der Waals surface area contributed by atoms with E-state index in [-0.39, 0.29) is 5.97 Å². The molecule has 0 saturated heterocycles. The number of nitroso groups, excluding NO2 is 1. The minimum Gasteiger partial charge on any atom is -0.456 e. The van der Waals surface area contributed by atoms with Gasteiger partial charge in [0.1, 0.15) is 17.2 Å². The van der Waals surface area contributed by atoms with Gasteiger partial charge in [-0.3, -0.25) is 0 Å². The van der Waals surface area contributed by atoms with Crippen LogP contribution in [0.5, 0.6) is 11.5 Å². The van der Waals surface area contributed by atoms with E-state index in [1.807, 2.05) is 66.5 Å². The molecular formula is C27H19N3O4. The Morgan fingerprint density at radius 3 is 2.26 bits per heavy atom. The highest BCUT2D eigenvalue weighted by atomic mass is 16.6. The van der Waals surface area contributed by atoms with Crippen LogP contribution < -0.4 is 15.4 Å². The Hall–Kier alpha value is -4.65. The molecule has 4 aromatic carbocycles. The number of esters is 1. The van der Waals surface area contributed by atoms with Crippen molar-refractivity contribution in [2.45, 2.75) is 5.60 Å². The zero-order valence-electron chi connectivity index (χ0n) is 18.2. The molecule has 0 fully saturated rings. The average Bonchev–Trinajstić information content (AvgIpc) is 3.16. The molecule has 6 rings (SSSR count). The number of ether oxygens (including phenoxy) is 2. The van der Waals surface area contributed by atoms with Gasteiger partial charge >= 0.3 is 5.97 Å². The van der Waals surface area contributed by atoms with Gasteiger partial charge in [-0.2, -0.15) is 0 Å². The number of benzene rings is 4. The number of nitrogen functional groups attached to an aromatic ring is 1. The summed E-state index contributed by atoms with van der Waals surface area (Å²) >= 11 is 0. The summed E-state index contributed by atoms with van der Waals surface area (Å²) in [6.07, 6.45) is 0. The molecule has 2 N–H and O–H groups in total. The largest absolute Gasteiger partial charge is 0.456 e. The van der Waals surface area contributed by atoms with Crippen molar-refractivity contribution in [3.63, 3.8) is 0 Å². The number of nitrogens with two attached hydrogens (primary N) is 1. The summed E-state index contributed by atoms with van der Waals surface area (Å²) < 4.78 is 12.5. The molecule has 0 amide bonds. The van der Waals surface area contributed by atoms with Gasteiger partial charge in [-0.1, -0.05) is 18.2 Å². The molecule has 0 saturated carbocycles. The smallest absolute Gasteiger partial charge is 0.340 e. The van der Waals surface area contributed by atoms with E-state index in [9.17, 15) is 9.70 Å². The number of nitrogens with zero attached hydrogens (tertiary/aromatic N) is 2. The summed E-state index contributed by atoms with van der Waals surface area (Å²) in [7, 11) is 1.92. The standard InChI is InChI=1S/C27H19N3O4/c1-30(18-9-7-17(29-32)8-10-18)19-11-13-23-25(15-19)33-24-14-16(28)6-12-22(24)27(23)21-5-3-2-4-20(21)26(31)34-27/h2-15H,28H2,1H3. The van der Waals surface area contributed by atoms with Crippen molar-refractivity contribution < 1.29 is 14.3 Å². The molecule has 7 heteroatoms. The second-order valence-corrected chi connectivity index (χ2v) is 8.32. The van der Waals surface area contributed by atoms with E-state index in [2.05, 4.69) is 5.18 Å². The van der Waals surface area contributed by atoms with Gasteiger partial charge in [0.05, 0.1) is 5.56 Å². The molecule has 7 nitrogen and oxygen atoms in total. The summed E-state index contributed by atoms with van der Waals surface area (Å²) in [4.78, 5) is 25.6. The molecule has 0 aliphatic carbocycles. The molecule has 0 radical (unpaired) electrons. The van der Waals surface area contributed by atoms with Crippen LogP contribution in [0.15, 0.2) is 90.1 Å². The van der Waals surface area contributed by atoms with Crippen LogP contribution in [0, 0.1) is 4.91 Å². The van der Waals surface area contributed by atoms with Crippen LogP contribution >= 0.6 is 0 Å². The van der Waals surface area contributed by atoms with E-state index in [4.69, 9.17) is 15.2 Å². The van der Waals surface area contributed by atoms with Gasteiger partial charge in [-0.05, 0) is 59.8 Å². The van der Waals surface area contributed by atoms with Gasteiger partial charge in [0.2, 0.25) is 0 Å². The lowest BCUT2D eigenvalue weighted by Crippen LogP contribution is -2.33. The Morgan fingerprint density at radius 2 is 1.50 bits per heavy atom. The monoisotopic (exact) mass is 449 g/mol. The summed E-state index contributed by atoms with van der Waals surface area (Å²) in [5, 5.41) is 2.95. The molecule has 2 heterocycles. The quantitative estimate of drug-likeness (QED) is 0.234. The van der Waals surface area contributed by atoms with Crippen molar-refractivity contribution in [3.05, 3.63) is 112 Å². The number of carbonyl (C=O) groups excluding carboxylic acids is 1. The number of anilines is 3. The number of hydrogen-bond donors (Lipinski definition) is 1. The summed E-state index contributed by atoms with van der Waals surface area (Å²) in [6.45, 7) is 0. The molecule has 1 unspecified atom stereocenters. The van der Waals surface area contributed by atoms with Crippen LogP contribution in [0.3, 0.4) is 0 Å². The number of fused-ring (bicyclic) bond motifs is 6. The summed E-state index contributed by atoms with van der Waals surface area (Å²) in [6, 6.07) is 25.6. The molecule has 2 aliphatic heterocycles. The molecule has 1 spiro atoms. The molecule has 0 bridgehead atoms. The fourth-order valence-electron chi connectivity index (χ4n) is 4.78. The zero-order chi connectivity index (χ0) is 23.4. The molecule has 4 aromatic rings. The maximum atomic E-state index is 12.9. The Labute approximate surface area is 195 Å². The maximum absolute atomic E-state index is 12.9. The van der Waals surface area contributed by atoms with Crippen molar-refractivity contribution in [1.29, 1.82) is 0 Å². The van der Waals surface area contributed by atoms with Crippen molar-refractivity contribution in [3.8, 4) is 11.5 Å². The van der Waals surface area contributed by atoms with Crippen molar-refractivity contribution in [2.24, 2.45) is 5.18 Å². The van der Waals surface area contributed by atoms with E-state index in [0.717, 1.165) is 28.1 Å². The van der Waals surface area contributed by atoms with Crippen LogP contribution in [0.25, 0.3) is 0 Å². The van der Waals surface area contributed by atoms with Crippen molar-refractivity contribution in [2.75, 3.05) is 17.7 Å². The number of carbonyl (C=O) groups is 1. The van der Waals surface area contributed by atoms with E-state index in [1.54, 1.807) is 30.3 Å². The number of rotatable bonds is 3. The van der Waals surface area contributed by atoms with Crippen molar-refractivity contribution >= 4 is 28.7 Å². The third-order valence-corrected chi connectivity index (χ3v) is 6.45. The van der Waals surface area contributed by atoms with E-state index in [0.29, 0.717) is 28.4 Å². The summed E-state index contributed by atoms with van der Waals surface area (Å²) in [5.41, 5.74) is 10.3. The second-order valence-electron chi connectivity index (χ2n) is 8.32. The predicted molar refractivity (Wildman–Crippen MR) is 129 cm³/mol. The van der Waals surface area contributed by atoms with Crippen molar-refractivity contribution in [1.82, 2.24) is 0 Å². The van der Waals surface area contributed by atoms with Gasteiger partial charge in [0, 0.05) is 52.9 Å². The first-order valence-electron chi connectivity index (χ1n) is 10.7. The molecule has 166 valence electrons. The zero-order valence-corrected chi connectivity index (χ0v) is 18.2. The second kappa shape index (κ2) is 7.18.